The Morgan fingerprint density at radius 1 is 1.00 bits per heavy atom. The van der Waals surface area contributed by atoms with Crippen molar-refractivity contribution in [3.63, 3.8) is 0 Å². The lowest BCUT2D eigenvalue weighted by Crippen LogP contribution is -2.48. The number of esters is 1. The van der Waals surface area contributed by atoms with Gasteiger partial charge in [0.05, 0.1) is 12.5 Å². The van der Waals surface area contributed by atoms with Crippen molar-refractivity contribution < 1.29 is 9.53 Å². The fraction of sp³-hybridized carbons (Fsp3) is 0.350. The summed E-state index contributed by atoms with van der Waals surface area (Å²) in [6.07, 6.45) is 0.774. The Hall–Kier alpha value is -2.13. The molecule has 0 saturated heterocycles. The predicted octanol–water partition coefficient (Wildman–Crippen LogP) is 3.59. The van der Waals surface area contributed by atoms with Gasteiger partial charge in [0, 0.05) is 12.6 Å². The fourth-order valence-electron chi connectivity index (χ4n) is 2.67. The summed E-state index contributed by atoms with van der Waals surface area (Å²) < 4.78 is 5.01. The highest BCUT2D eigenvalue weighted by atomic mass is 16.5. The number of hydrogen-bond acceptors (Lipinski definition) is 3. The minimum absolute atomic E-state index is 0.0162. The summed E-state index contributed by atoms with van der Waals surface area (Å²) in [5, 5.41) is 3.54. The Morgan fingerprint density at radius 2 is 1.52 bits per heavy atom. The van der Waals surface area contributed by atoms with Crippen LogP contribution in [0.1, 0.15) is 25.0 Å². The molecule has 0 aliphatic rings. The Morgan fingerprint density at radius 3 is 2.04 bits per heavy atom. The van der Waals surface area contributed by atoms with E-state index >= 15 is 0 Å². The van der Waals surface area contributed by atoms with Crippen LogP contribution in [-0.4, -0.2) is 19.1 Å². The lowest BCUT2D eigenvalue weighted by Gasteiger charge is -2.33. The molecule has 23 heavy (non-hydrogen) atoms. The molecule has 0 fully saturated rings. The van der Waals surface area contributed by atoms with E-state index in [9.17, 15) is 4.79 Å². The highest BCUT2D eigenvalue weighted by Gasteiger charge is 2.37. The van der Waals surface area contributed by atoms with E-state index in [1.165, 1.54) is 18.2 Å². The van der Waals surface area contributed by atoms with E-state index in [4.69, 9.17) is 4.74 Å². The van der Waals surface area contributed by atoms with Crippen LogP contribution in [0.2, 0.25) is 0 Å². The van der Waals surface area contributed by atoms with Gasteiger partial charge in [-0.2, -0.15) is 0 Å². The number of nitrogens with one attached hydrogen (secondary N) is 1. The van der Waals surface area contributed by atoms with Gasteiger partial charge in [-0.15, -0.1) is 0 Å². The average Bonchev–Trinajstić information content (AvgIpc) is 2.59. The summed E-state index contributed by atoms with van der Waals surface area (Å²) in [4.78, 5) is 12.2. The molecule has 0 aliphatic heterocycles. The normalized spacial score (nSPS) is 12.7. The molecule has 0 amide bonds. The van der Waals surface area contributed by atoms with Crippen LogP contribution >= 0.6 is 0 Å². The third kappa shape index (κ3) is 4.67. The van der Waals surface area contributed by atoms with Gasteiger partial charge in [-0.3, -0.25) is 4.79 Å². The maximum absolute atomic E-state index is 12.2. The topological polar surface area (TPSA) is 38.3 Å². The summed E-state index contributed by atoms with van der Waals surface area (Å²) in [5.74, 6) is -0.195. The van der Waals surface area contributed by atoms with Crippen molar-refractivity contribution in [3.8, 4) is 0 Å². The largest absolute Gasteiger partial charge is 0.469 e. The lowest BCUT2D eigenvalue weighted by molar-refractivity contribution is -0.152. The molecule has 2 aromatic rings. The number of carbonyl (C=O) groups is 1. The molecule has 0 heterocycles. The number of hydrogen-bond donors (Lipinski definition) is 1. The minimum atomic E-state index is -0.612. The second kappa shape index (κ2) is 7.93. The van der Waals surface area contributed by atoms with E-state index < -0.39 is 5.41 Å². The molecule has 0 aliphatic carbocycles. The quantitative estimate of drug-likeness (QED) is 0.794. The van der Waals surface area contributed by atoms with Crippen molar-refractivity contribution in [2.24, 2.45) is 5.41 Å². The van der Waals surface area contributed by atoms with Crippen molar-refractivity contribution in [1.82, 2.24) is 5.32 Å². The number of rotatable bonds is 7. The van der Waals surface area contributed by atoms with Crippen LogP contribution < -0.4 is 5.32 Å². The highest BCUT2D eigenvalue weighted by Crippen LogP contribution is 2.26. The Kier molecular flexibility index (Phi) is 5.94. The molecule has 122 valence electrons. The van der Waals surface area contributed by atoms with Crippen molar-refractivity contribution in [2.45, 2.75) is 32.9 Å². The molecular weight excluding hydrogens is 286 g/mol. The van der Waals surface area contributed by atoms with Crippen molar-refractivity contribution in [1.29, 1.82) is 0 Å². The zero-order valence-electron chi connectivity index (χ0n) is 14.1. The molecule has 0 radical (unpaired) electrons. The first kappa shape index (κ1) is 17.2. The summed E-state index contributed by atoms with van der Waals surface area (Å²) in [6.45, 7) is 4.59. The van der Waals surface area contributed by atoms with Crippen LogP contribution in [0.15, 0.2) is 60.7 Å². The van der Waals surface area contributed by atoms with Crippen LogP contribution in [0.4, 0.5) is 0 Å². The first-order valence-electron chi connectivity index (χ1n) is 7.93. The number of benzene rings is 2. The van der Waals surface area contributed by atoms with Crippen LogP contribution in [0.25, 0.3) is 0 Å². The first-order valence-corrected chi connectivity index (χ1v) is 7.93. The molecule has 1 N–H and O–H groups in total. The summed E-state index contributed by atoms with van der Waals surface area (Å²) in [7, 11) is 1.45. The minimum Gasteiger partial charge on any atom is -0.469 e. The summed E-state index contributed by atoms with van der Waals surface area (Å²) in [6, 6.07) is 20.4. The fourth-order valence-corrected chi connectivity index (χ4v) is 2.67. The predicted molar refractivity (Wildman–Crippen MR) is 93.0 cm³/mol. The zero-order chi connectivity index (χ0) is 16.7. The maximum atomic E-state index is 12.2. The molecule has 1 unspecified atom stereocenters. The standard InChI is InChI=1S/C20H25NO2/c1-20(2,19(22)23-3)18(14-16-10-6-4-7-11-16)21-15-17-12-8-5-9-13-17/h4-13,18,21H,14-15H2,1-3H3. The lowest BCUT2D eigenvalue weighted by atomic mass is 9.81. The summed E-state index contributed by atoms with van der Waals surface area (Å²) in [5.41, 5.74) is 1.79. The third-order valence-corrected chi connectivity index (χ3v) is 4.26. The molecule has 1 atom stereocenters. The van der Waals surface area contributed by atoms with Gasteiger partial charge >= 0.3 is 5.97 Å². The average molecular weight is 311 g/mol. The molecule has 0 saturated carbocycles. The molecule has 2 rings (SSSR count). The van der Waals surface area contributed by atoms with E-state index in [2.05, 4.69) is 29.6 Å². The number of ether oxygens (including phenoxy) is 1. The molecular formula is C20H25NO2. The van der Waals surface area contributed by atoms with Gasteiger partial charge in [0.2, 0.25) is 0 Å². The van der Waals surface area contributed by atoms with Gasteiger partial charge in [-0.1, -0.05) is 60.7 Å². The van der Waals surface area contributed by atoms with E-state index in [-0.39, 0.29) is 12.0 Å². The monoisotopic (exact) mass is 311 g/mol. The highest BCUT2D eigenvalue weighted by molar-refractivity contribution is 5.76. The maximum Gasteiger partial charge on any atom is 0.312 e. The number of methoxy groups -OCH3 is 1. The number of carbonyl (C=O) groups excluding carboxylic acids is 1. The van der Waals surface area contributed by atoms with Gasteiger partial charge in [-0.25, -0.2) is 0 Å². The van der Waals surface area contributed by atoms with Gasteiger partial charge in [0.25, 0.3) is 0 Å². The second-order valence-corrected chi connectivity index (χ2v) is 6.32. The van der Waals surface area contributed by atoms with Gasteiger partial charge in [0.15, 0.2) is 0 Å². The molecule has 0 bridgehead atoms. The van der Waals surface area contributed by atoms with Gasteiger partial charge in [0.1, 0.15) is 0 Å². The Labute approximate surface area is 138 Å². The molecule has 3 nitrogen and oxygen atoms in total. The molecule has 2 aromatic carbocycles. The molecule has 3 heteroatoms. The summed E-state index contributed by atoms with van der Waals surface area (Å²) >= 11 is 0. The molecule has 0 spiro atoms. The second-order valence-electron chi connectivity index (χ2n) is 6.32. The van der Waals surface area contributed by atoms with E-state index in [1.54, 1.807) is 0 Å². The van der Waals surface area contributed by atoms with E-state index in [1.807, 2.05) is 50.2 Å². The van der Waals surface area contributed by atoms with Crippen LogP contribution in [0, 0.1) is 5.41 Å². The SMILES string of the molecule is COC(=O)C(C)(C)C(Cc1ccccc1)NCc1ccccc1. The van der Waals surface area contributed by atoms with Crippen LogP contribution in [0.5, 0.6) is 0 Å². The Balaban J connectivity index is 2.15. The van der Waals surface area contributed by atoms with Crippen LogP contribution in [-0.2, 0) is 22.5 Å². The van der Waals surface area contributed by atoms with Gasteiger partial charge < -0.3 is 10.1 Å². The zero-order valence-corrected chi connectivity index (χ0v) is 14.1. The van der Waals surface area contributed by atoms with E-state index in [0.717, 1.165) is 13.0 Å². The molecule has 0 aromatic heterocycles. The first-order chi connectivity index (χ1) is 11.0. The Bertz CT molecular complexity index is 608. The third-order valence-electron chi connectivity index (χ3n) is 4.26. The van der Waals surface area contributed by atoms with E-state index in [0.29, 0.717) is 0 Å². The van der Waals surface area contributed by atoms with Crippen molar-refractivity contribution in [3.05, 3.63) is 71.8 Å². The smallest absolute Gasteiger partial charge is 0.312 e. The van der Waals surface area contributed by atoms with Gasteiger partial charge in [-0.05, 0) is 31.4 Å². The van der Waals surface area contributed by atoms with Crippen molar-refractivity contribution in [2.75, 3.05) is 7.11 Å². The van der Waals surface area contributed by atoms with Crippen molar-refractivity contribution >= 4 is 5.97 Å². The van der Waals surface area contributed by atoms with Crippen LogP contribution in [0.3, 0.4) is 0 Å².